The van der Waals surface area contributed by atoms with Crippen molar-refractivity contribution in [1.29, 1.82) is 0 Å². The molecule has 0 spiro atoms. The highest BCUT2D eigenvalue weighted by molar-refractivity contribution is 7.85. The average molecular weight is 311 g/mol. The average Bonchev–Trinajstić information content (AvgIpc) is 2.49. The van der Waals surface area contributed by atoms with E-state index in [2.05, 4.69) is 18.7 Å². The van der Waals surface area contributed by atoms with Crippen LogP contribution in [0.25, 0.3) is 0 Å². The quantitative estimate of drug-likeness (QED) is 0.808. The molecule has 1 aliphatic rings. The summed E-state index contributed by atoms with van der Waals surface area (Å²) in [4.78, 5) is 2.36. The maximum absolute atomic E-state index is 11.8. The molecule has 1 aromatic carbocycles. The lowest BCUT2D eigenvalue weighted by Gasteiger charge is -2.37. The molecule has 0 N–H and O–H groups in total. The van der Waals surface area contributed by atoms with E-state index in [0.717, 1.165) is 30.3 Å². The van der Waals surface area contributed by atoms with Gasteiger partial charge in [-0.25, -0.2) is 0 Å². The van der Waals surface area contributed by atoms with Crippen LogP contribution in [0.2, 0.25) is 0 Å². The summed E-state index contributed by atoms with van der Waals surface area (Å²) in [7, 11) is -0.686. The Morgan fingerprint density at radius 2 is 1.90 bits per heavy atom. The summed E-state index contributed by atoms with van der Waals surface area (Å²) in [6, 6.07) is 8.09. The van der Waals surface area contributed by atoms with Crippen LogP contribution in [0.4, 0.5) is 0 Å². The third-order valence-corrected chi connectivity index (χ3v) is 5.84. The Morgan fingerprint density at radius 1 is 1.24 bits per heavy atom. The predicted molar refractivity (Wildman–Crippen MR) is 86.6 cm³/mol. The highest BCUT2D eigenvalue weighted by Gasteiger charge is 2.29. The summed E-state index contributed by atoms with van der Waals surface area (Å²) < 4.78 is 23.2. The first-order valence-corrected chi connectivity index (χ1v) is 8.97. The maximum Gasteiger partial charge on any atom is 0.161 e. The Bertz CT molecular complexity index is 480. The predicted octanol–water partition coefficient (Wildman–Crippen LogP) is 2.31. The Labute approximate surface area is 129 Å². The van der Waals surface area contributed by atoms with Crippen molar-refractivity contribution < 1.29 is 13.7 Å². The first-order chi connectivity index (χ1) is 10.1. The number of benzene rings is 1. The van der Waals surface area contributed by atoms with Crippen molar-refractivity contribution in [3.05, 3.63) is 24.3 Å². The van der Waals surface area contributed by atoms with Crippen LogP contribution in [-0.2, 0) is 10.8 Å². The molecule has 0 amide bonds. The summed E-state index contributed by atoms with van der Waals surface area (Å²) in [5, 5.41) is 0.231. The molecule has 1 fully saturated rings. The first-order valence-electron chi connectivity index (χ1n) is 7.59. The smallest absolute Gasteiger partial charge is 0.161 e. The molecule has 3 atom stereocenters. The third kappa shape index (κ3) is 4.20. The Hall–Kier alpha value is -1.07. The van der Waals surface area contributed by atoms with Gasteiger partial charge in [0.2, 0.25) is 0 Å². The van der Waals surface area contributed by atoms with Gasteiger partial charge in [0.1, 0.15) is 6.61 Å². The van der Waals surface area contributed by atoms with Crippen molar-refractivity contribution >= 4 is 10.8 Å². The SMILES string of the molecule is CCOc1ccccc1OCCN1CC[S@](=O)[C@@H](C)[C@H]1C. The normalized spacial score (nSPS) is 26.5. The fourth-order valence-electron chi connectivity index (χ4n) is 2.55. The largest absolute Gasteiger partial charge is 0.490 e. The van der Waals surface area contributed by atoms with Crippen LogP contribution in [0, 0.1) is 0 Å². The number of para-hydroxylation sites is 2. The van der Waals surface area contributed by atoms with E-state index < -0.39 is 10.8 Å². The molecule has 0 radical (unpaired) electrons. The van der Waals surface area contributed by atoms with Crippen LogP contribution < -0.4 is 9.47 Å². The van der Waals surface area contributed by atoms with Crippen LogP contribution in [0.15, 0.2) is 24.3 Å². The Kier molecular flexibility index (Phi) is 6.06. The van der Waals surface area contributed by atoms with E-state index in [-0.39, 0.29) is 5.25 Å². The van der Waals surface area contributed by atoms with Gasteiger partial charge < -0.3 is 9.47 Å². The molecule has 0 bridgehead atoms. The molecule has 1 heterocycles. The lowest BCUT2D eigenvalue weighted by atomic mass is 10.2. The number of ether oxygens (including phenoxy) is 2. The maximum atomic E-state index is 11.8. The number of rotatable bonds is 6. The van der Waals surface area contributed by atoms with Crippen LogP contribution in [0.1, 0.15) is 20.8 Å². The van der Waals surface area contributed by atoms with Crippen LogP contribution in [0.3, 0.4) is 0 Å². The molecule has 0 aliphatic carbocycles. The lowest BCUT2D eigenvalue weighted by Crippen LogP contribution is -2.50. The standard InChI is InChI=1S/C16H25NO3S/c1-4-19-15-7-5-6-8-16(15)20-11-9-17-10-12-21(18)14(3)13(17)2/h5-8,13-14H,4,9-12H2,1-3H3/t13-,14+,21+/m1/s1. The molecule has 1 aliphatic heterocycles. The second kappa shape index (κ2) is 7.80. The van der Waals surface area contributed by atoms with Gasteiger partial charge in [0.05, 0.1) is 6.61 Å². The molecule has 1 aromatic rings. The van der Waals surface area contributed by atoms with Gasteiger partial charge >= 0.3 is 0 Å². The van der Waals surface area contributed by atoms with Crippen molar-refractivity contribution in [2.45, 2.75) is 32.1 Å². The number of hydrogen-bond donors (Lipinski definition) is 0. The molecule has 0 aromatic heterocycles. The second-order valence-corrected chi connectivity index (χ2v) is 7.21. The Morgan fingerprint density at radius 3 is 2.57 bits per heavy atom. The highest BCUT2D eigenvalue weighted by atomic mass is 32.2. The molecule has 4 nitrogen and oxygen atoms in total. The van der Waals surface area contributed by atoms with Gasteiger partial charge in [0.25, 0.3) is 0 Å². The van der Waals surface area contributed by atoms with Crippen molar-refractivity contribution in [3.63, 3.8) is 0 Å². The minimum absolute atomic E-state index is 0.231. The molecular formula is C16H25NO3S. The van der Waals surface area contributed by atoms with E-state index in [1.165, 1.54) is 0 Å². The zero-order chi connectivity index (χ0) is 15.2. The van der Waals surface area contributed by atoms with Gasteiger partial charge in [0, 0.05) is 40.9 Å². The van der Waals surface area contributed by atoms with E-state index in [4.69, 9.17) is 9.47 Å². The second-order valence-electron chi connectivity index (χ2n) is 5.29. The first kappa shape index (κ1) is 16.3. The molecule has 2 rings (SSSR count). The minimum atomic E-state index is -0.686. The third-order valence-electron chi connectivity index (χ3n) is 4.03. The highest BCUT2D eigenvalue weighted by Crippen LogP contribution is 2.26. The van der Waals surface area contributed by atoms with Crippen molar-refractivity contribution in [3.8, 4) is 11.5 Å². The lowest BCUT2D eigenvalue weighted by molar-refractivity contribution is 0.165. The molecule has 0 unspecified atom stereocenters. The van der Waals surface area contributed by atoms with E-state index in [1.807, 2.05) is 31.2 Å². The van der Waals surface area contributed by atoms with E-state index in [0.29, 0.717) is 19.3 Å². The molecular weight excluding hydrogens is 286 g/mol. The number of nitrogens with zero attached hydrogens (tertiary/aromatic N) is 1. The van der Waals surface area contributed by atoms with Gasteiger partial charge in [-0.15, -0.1) is 0 Å². The molecule has 21 heavy (non-hydrogen) atoms. The van der Waals surface area contributed by atoms with Crippen LogP contribution in [0.5, 0.6) is 11.5 Å². The van der Waals surface area contributed by atoms with Crippen molar-refractivity contribution in [1.82, 2.24) is 4.90 Å². The van der Waals surface area contributed by atoms with Gasteiger partial charge in [-0.3, -0.25) is 9.11 Å². The zero-order valence-corrected chi connectivity index (χ0v) is 13.9. The van der Waals surface area contributed by atoms with Crippen LogP contribution in [-0.4, -0.2) is 52.5 Å². The van der Waals surface area contributed by atoms with Crippen LogP contribution >= 0.6 is 0 Å². The fourth-order valence-corrected chi connectivity index (χ4v) is 3.94. The van der Waals surface area contributed by atoms with Gasteiger partial charge in [0.15, 0.2) is 11.5 Å². The molecule has 0 saturated carbocycles. The van der Waals surface area contributed by atoms with Gasteiger partial charge in [-0.05, 0) is 32.9 Å². The van der Waals surface area contributed by atoms with E-state index in [9.17, 15) is 4.21 Å². The minimum Gasteiger partial charge on any atom is -0.490 e. The molecule has 1 saturated heterocycles. The summed E-state index contributed by atoms with van der Waals surface area (Å²) in [5.74, 6) is 2.35. The monoisotopic (exact) mass is 311 g/mol. The van der Waals surface area contributed by atoms with Gasteiger partial charge in [-0.1, -0.05) is 12.1 Å². The van der Waals surface area contributed by atoms with Crippen molar-refractivity contribution in [2.24, 2.45) is 0 Å². The zero-order valence-electron chi connectivity index (χ0n) is 13.1. The summed E-state index contributed by atoms with van der Waals surface area (Å²) in [5.41, 5.74) is 0. The molecule has 118 valence electrons. The molecule has 5 heteroatoms. The van der Waals surface area contributed by atoms with Crippen molar-refractivity contribution in [2.75, 3.05) is 32.1 Å². The number of hydrogen-bond acceptors (Lipinski definition) is 4. The summed E-state index contributed by atoms with van der Waals surface area (Å²) in [6.45, 7) is 9.17. The van der Waals surface area contributed by atoms with E-state index >= 15 is 0 Å². The van der Waals surface area contributed by atoms with Gasteiger partial charge in [-0.2, -0.15) is 0 Å². The fraction of sp³-hybridized carbons (Fsp3) is 0.625. The van der Waals surface area contributed by atoms with E-state index in [1.54, 1.807) is 0 Å². The summed E-state index contributed by atoms with van der Waals surface area (Å²) in [6.07, 6.45) is 0. The summed E-state index contributed by atoms with van der Waals surface area (Å²) >= 11 is 0. The topological polar surface area (TPSA) is 38.8 Å². The Balaban J connectivity index is 1.86.